The minimum Gasteiger partial charge on any atom is -0.352 e. The van der Waals surface area contributed by atoms with E-state index in [1.807, 2.05) is 18.3 Å². The number of aromatic nitrogens is 4. The standard InChI is InChI=1S/C42H24N4.Pt/c1-3-11-31-27(9-1)23-24-43-42(31)46-39-16-8-5-13-33(39)35-21-19-30(26-41(35)46)45-38-15-7-4-12-32(38)34-20-17-29(25-40(34)45)37-22-18-28-10-2-6-14-36(28)44-37;/h1-24H;/q-2;+2. The first kappa shape index (κ1) is 27.7. The number of hydrogen-bond acceptors (Lipinski definition) is 2. The van der Waals surface area contributed by atoms with Crippen LogP contribution in [0.3, 0.4) is 0 Å². The summed E-state index contributed by atoms with van der Waals surface area (Å²) in [6.07, 6.45) is 1.90. The molecule has 4 aromatic heterocycles. The van der Waals surface area contributed by atoms with Crippen molar-refractivity contribution in [1.82, 2.24) is 19.1 Å². The summed E-state index contributed by atoms with van der Waals surface area (Å²) < 4.78 is 4.55. The summed E-state index contributed by atoms with van der Waals surface area (Å²) in [4.78, 5) is 9.92. The topological polar surface area (TPSA) is 35.6 Å². The summed E-state index contributed by atoms with van der Waals surface area (Å²) >= 11 is 0. The Kier molecular flexibility index (Phi) is 6.34. The number of rotatable bonds is 3. The SMILES string of the molecule is [Pt+2].[c-]1c(-c2ccc3ccccc3n2)ccc2c3ccccc3n(-c3[c-]c4c(cc3)c3ccccc3n4-c3nccc4ccccc34)c12. The van der Waals surface area contributed by atoms with E-state index in [1.165, 1.54) is 10.8 Å². The molecule has 0 unspecified atom stereocenters. The Labute approximate surface area is 284 Å². The van der Waals surface area contributed by atoms with Gasteiger partial charge in [-0.2, -0.15) is 6.07 Å². The van der Waals surface area contributed by atoms with Crippen molar-refractivity contribution in [3.63, 3.8) is 0 Å². The van der Waals surface area contributed by atoms with Gasteiger partial charge in [0.1, 0.15) is 5.82 Å². The molecule has 0 amide bonds. The third-order valence-electron chi connectivity index (χ3n) is 9.13. The summed E-state index contributed by atoms with van der Waals surface area (Å²) in [6.45, 7) is 0. The fraction of sp³-hybridized carbons (Fsp3) is 0. The maximum absolute atomic E-state index is 4.99. The Morgan fingerprint density at radius 3 is 1.91 bits per heavy atom. The van der Waals surface area contributed by atoms with Crippen LogP contribution in [0.2, 0.25) is 0 Å². The molecule has 0 saturated carbocycles. The first-order valence-electron chi connectivity index (χ1n) is 15.4. The van der Waals surface area contributed by atoms with Crippen LogP contribution in [0.15, 0.2) is 146 Å². The molecule has 0 fully saturated rings. The minimum atomic E-state index is 0. The second-order valence-corrected chi connectivity index (χ2v) is 11.7. The monoisotopic (exact) mass is 779 g/mol. The van der Waals surface area contributed by atoms with Gasteiger partial charge in [0.2, 0.25) is 0 Å². The Morgan fingerprint density at radius 2 is 1.11 bits per heavy atom. The molecular formula is C42H24N4Pt. The van der Waals surface area contributed by atoms with Crippen molar-refractivity contribution in [3.05, 3.63) is 158 Å². The number of benzene rings is 6. The zero-order valence-corrected chi connectivity index (χ0v) is 27.2. The van der Waals surface area contributed by atoms with Crippen LogP contribution in [0.1, 0.15) is 0 Å². The van der Waals surface area contributed by atoms with Crippen molar-refractivity contribution in [2.75, 3.05) is 0 Å². The van der Waals surface area contributed by atoms with Crippen LogP contribution >= 0.6 is 0 Å². The fourth-order valence-electron chi connectivity index (χ4n) is 7.02. The molecule has 4 heterocycles. The van der Waals surface area contributed by atoms with Crippen molar-refractivity contribution in [2.45, 2.75) is 0 Å². The number of hydrogen-bond donors (Lipinski definition) is 0. The number of para-hydroxylation sites is 3. The van der Waals surface area contributed by atoms with Crippen molar-refractivity contribution >= 4 is 65.3 Å². The van der Waals surface area contributed by atoms with E-state index >= 15 is 0 Å². The molecule has 47 heavy (non-hydrogen) atoms. The molecule has 0 aliphatic rings. The molecule has 6 aromatic carbocycles. The molecule has 5 heteroatoms. The van der Waals surface area contributed by atoms with Gasteiger partial charge in [0.25, 0.3) is 0 Å². The summed E-state index contributed by atoms with van der Waals surface area (Å²) in [5, 5.41) is 8.01. The van der Waals surface area contributed by atoms with E-state index in [0.717, 1.165) is 77.3 Å². The maximum atomic E-state index is 4.99. The van der Waals surface area contributed by atoms with Crippen molar-refractivity contribution < 1.29 is 21.1 Å². The van der Waals surface area contributed by atoms with Gasteiger partial charge >= 0.3 is 21.1 Å². The molecular weight excluding hydrogens is 756 g/mol. The predicted molar refractivity (Wildman–Crippen MR) is 189 cm³/mol. The van der Waals surface area contributed by atoms with E-state index in [0.29, 0.717) is 0 Å². The first-order valence-corrected chi connectivity index (χ1v) is 15.4. The van der Waals surface area contributed by atoms with Crippen molar-refractivity contribution in [1.29, 1.82) is 0 Å². The van der Waals surface area contributed by atoms with Gasteiger partial charge in [-0.25, -0.2) is 4.98 Å². The quantitative estimate of drug-likeness (QED) is 0.168. The molecule has 10 rings (SSSR count). The van der Waals surface area contributed by atoms with Crippen LogP contribution in [0, 0.1) is 12.1 Å². The van der Waals surface area contributed by atoms with E-state index in [4.69, 9.17) is 9.97 Å². The maximum Gasteiger partial charge on any atom is 2.00 e. The van der Waals surface area contributed by atoms with Crippen LogP contribution in [-0.2, 0) is 21.1 Å². The van der Waals surface area contributed by atoms with Gasteiger partial charge in [-0.1, -0.05) is 108 Å². The Morgan fingerprint density at radius 1 is 0.468 bits per heavy atom. The first-order chi connectivity index (χ1) is 22.8. The van der Waals surface area contributed by atoms with Gasteiger partial charge in [0.05, 0.1) is 5.52 Å². The van der Waals surface area contributed by atoms with Crippen LogP contribution < -0.4 is 0 Å². The van der Waals surface area contributed by atoms with Crippen molar-refractivity contribution in [3.8, 4) is 22.8 Å². The number of nitrogens with zero attached hydrogens (tertiary/aromatic N) is 4. The molecule has 4 nitrogen and oxygen atoms in total. The third kappa shape index (κ3) is 4.19. The number of pyridine rings is 2. The summed E-state index contributed by atoms with van der Waals surface area (Å²) in [6, 6.07) is 56.4. The zero-order chi connectivity index (χ0) is 30.2. The van der Waals surface area contributed by atoms with E-state index < -0.39 is 0 Å². The summed E-state index contributed by atoms with van der Waals surface area (Å²) in [5.74, 6) is 0.899. The molecule has 0 radical (unpaired) electrons. The molecule has 0 N–H and O–H groups in total. The van der Waals surface area contributed by atoms with Gasteiger partial charge in [-0.3, -0.25) is 4.98 Å². The van der Waals surface area contributed by atoms with E-state index in [-0.39, 0.29) is 21.1 Å². The second kappa shape index (κ2) is 10.8. The number of fused-ring (bicyclic) bond motifs is 8. The molecule has 0 aliphatic carbocycles. The van der Waals surface area contributed by atoms with Crippen LogP contribution in [0.4, 0.5) is 0 Å². The largest absolute Gasteiger partial charge is 2.00 e. The van der Waals surface area contributed by atoms with Crippen LogP contribution in [0.5, 0.6) is 0 Å². The average Bonchev–Trinajstić information content (AvgIpc) is 3.63. The van der Waals surface area contributed by atoms with Gasteiger partial charge < -0.3 is 9.13 Å². The summed E-state index contributed by atoms with van der Waals surface area (Å²) in [7, 11) is 0. The van der Waals surface area contributed by atoms with Gasteiger partial charge in [0.15, 0.2) is 0 Å². The molecule has 0 saturated heterocycles. The smallest absolute Gasteiger partial charge is 0.352 e. The second-order valence-electron chi connectivity index (χ2n) is 11.7. The minimum absolute atomic E-state index is 0. The van der Waals surface area contributed by atoms with E-state index in [1.54, 1.807) is 0 Å². The Bertz CT molecular complexity index is 2820. The normalized spacial score (nSPS) is 11.7. The van der Waals surface area contributed by atoms with E-state index in [9.17, 15) is 0 Å². The fourth-order valence-corrected chi connectivity index (χ4v) is 7.02. The summed E-state index contributed by atoms with van der Waals surface area (Å²) in [5.41, 5.74) is 7.98. The van der Waals surface area contributed by atoms with Gasteiger partial charge in [0, 0.05) is 22.6 Å². The average molecular weight is 780 g/mol. The molecule has 0 bridgehead atoms. The van der Waals surface area contributed by atoms with Crippen molar-refractivity contribution in [2.24, 2.45) is 0 Å². The van der Waals surface area contributed by atoms with Gasteiger partial charge in [-0.05, 0) is 57.0 Å². The molecule has 0 spiro atoms. The van der Waals surface area contributed by atoms with E-state index in [2.05, 4.69) is 149 Å². The Hall–Kier alpha value is -5.57. The van der Waals surface area contributed by atoms with Crippen LogP contribution in [0.25, 0.3) is 88.0 Å². The van der Waals surface area contributed by atoms with Crippen LogP contribution in [-0.4, -0.2) is 19.1 Å². The molecule has 10 aromatic rings. The van der Waals surface area contributed by atoms with Gasteiger partial charge in [-0.15, -0.1) is 41.3 Å². The Balaban J connectivity index is 0.00000302. The molecule has 222 valence electrons. The molecule has 0 aliphatic heterocycles. The predicted octanol–water partition coefficient (Wildman–Crippen LogP) is 10.2. The third-order valence-corrected chi connectivity index (χ3v) is 9.13. The molecule has 0 atom stereocenters. The zero-order valence-electron chi connectivity index (χ0n) is 25.0.